The molecule has 0 aliphatic rings. The summed E-state index contributed by atoms with van der Waals surface area (Å²) in [6.45, 7) is 0. The quantitative estimate of drug-likeness (QED) is 0.480. The smallest absolute Gasteiger partial charge is 0.176 e. The number of methoxy groups -OCH3 is 1. The van der Waals surface area contributed by atoms with E-state index in [1.165, 1.54) is 11.8 Å². The van der Waals surface area contributed by atoms with E-state index in [0.29, 0.717) is 16.3 Å². The number of ether oxygens (including phenoxy) is 1. The Morgan fingerprint density at radius 2 is 2.08 bits per heavy atom. The first kappa shape index (κ1) is 16.6. The molecular weight excluding hydrogens is 344 g/mol. The van der Waals surface area contributed by atoms with E-state index >= 15 is 0 Å². The highest BCUT2D eigenvalue weighted by molar-refractivity contribution is 7.99. The molecule has 0 fully saturated rings. The molecule has 0 saturated heterocycles. The number of ketones is 1. The van der Waals surface area contributed by atoms with Crippen LogP contribution in [0.4, 0.5) is 0 Å². The lowest BCUT2D eigenvalue weighted by atomic mass is 10.1. The minimum atomic E-state index is -0.00176. The van der Waals surface area contributed by atoms with Gasteiger partial charge in [-0.15, -0.1) is 0 Å². The largest absolute Gasteiger partial charge is 0.496 e. The minimum Gasteiger partial charge on any atom is -0.496 e. The van der Waals surface area contributed by atoms with Gasteiger partial charge in [0.15, 0.2) is 10.9 Å². The summed E-state index contributed by atoms with van der Waals surface area (Å²) in [6.07, 6.45) is 3.55. The highest BCUT2D eigenvalue weighted by Gasteiger charge is 2.14. The molecule has 0 saturated carbocycles. The van der Waals surface area contributed by atoms with Gasteiger partial charge in [-0.3, -0.25) is 9.36 Å². The molecule has 24 heavy (non-hydrogen) atoms. The number of carbonyl (C=O) groups is 1. The van der Waals surface area contributed by atoms with Gasteiger partial charge in [-0.05, 0) is 30.3 Å². The number of thioether (sulfide) groups is 1. The van der Waals surface area contributed by atoms with Gasteiger partial charge >= 0.3 is 0 Å². The van der Waals surface area contributed by atoms with Crippen molar-refractivity contribution < 1.29 is 9.53 Å². The summed E-state index contributed by atoms with van der Waals surface area (Å²) in [5, 5.41) is 1.39. The maximum absolute atomic E-state index is 12.5. The third kappa shape index (κ3) is 3.63. The molecule has 6 heteroatoms. The third-order valence-corrected chi connectivity index (χ3v) is 4.63. The average Bonchev–Trinajstić information content (AvgIpc) is 3.08. The Balaban J connectivity index is 1.76. The molecule has 1 aromatic heterocycles. The average molecular weight is 359 g/mol. The number of hydrogen-bond acceptors (Lipinski definition) is 4. The van der Waals surface area contributed by atoms with Crippen molar-refractivity contribution in [2.45, 2.75) is 5.16 Å². The zero-order valence-electron chi connectivity index (χ0n) is 13.0. The predicted octanol–water partition coefficient (Wildman–Crippen LogP) is 4.51. The van der Waals surface area contributed by atoms with Gasteiger partial charge in [0.25, 0.3) is 0 Å². The van der Waals surface area contributed by atoms with Crippen LogP contribution in [0, 0.1) is 0 Å². The van der Waals surface area contributed by atoms with Crippen LogP contribution in [0.25, 0.3) is 5.69 Å². The van der Waals surface area contributed by atoms with Crippen molar-refractivity contribution in [1.82, 2.24) is 9.55 Å². The topological polar surface area (TPSA) is 44.1 Å². The van der Waals surface area contributed by atoms with E-state index in [1.807, 2.05) is 47.2 Å². The lowest BCUT2D eigenvalue weighted by Gasteiger charge is -2.09. The molecule has 0 bridgehead atoms. The second kappa shape index (κ2) is 7.55. The zero-order valence-corrected chi connectivity index (χ0v) is 14.6. The van der Waals surface area contributed by atoms with Gasteiger partial charge in [0, 0.05) is 23.1 Å². The first-order valence-electron chi connectivity index (χ1n) is 7.27. The van der Waals surface area contributed by atoms with Gasteiger partial charge in [-0.1, -0.05) is 41.6 Å². The molecule has 3 aromatic rings. The molecule has 0 amide bonds. The minimum absolute atomic E-state index is 0.00176. The molecule has 0 spiro atoms. The number of imidazole rings is 1. The summed E-state index contributed by atoms with van der Waals surface area (Å²) < 4.78 is 7.15. The van der Waals surface area contributed by atoms with Crippen LogP contribution in [0.5, 0.6) is 5.75 Å². The van der Waals surface area contributed by atoms with E-state index < -0.39 is 0 Å². The molecule has 0 aliphatic carbocycles. The number of para-hydroxylation sites is 1. The summed E-state index contributed by atoms with van der Waals surface area (Å²) in [5.74, 6) is 0.859. The first-order valence-corrected chi connectivity index (χ1v) is 8.63. The van der Waals surface area contributed by atoms with Crippen LogP contribution in [-0.4, -0.2) is 28.2 Å². The fraction of sp³-hybridized carbons (Fsp3) is 0.111. The lowest BCUT2D eigenvalue weighted by molar-refractivity contribution is 0.101. The molecule has 122 valence electrons. The van der Waals surface area contributed by atoms with Crippen LogP contribution >= 0.6 is 23.4 Å². The maximum atomic E-state index is 12.5. The molecule has 0 N–H and O–H groups in total. The van der Waals surface area contributed by atoms with E-state index in [2.05, 4.69) is 4.98 Å². The van der Waals surface area contributed by atoms with Gasteiger partial charge in [-0.25, -0.2) is 4.98 Å². The first-order chi connectivity index (χ1) is 11.7. The predicted molar refractivity (Wildman–Crippen MR) is 96.6 cm³/mol. The van der Waals surface area contributed by atoms with Crippen molar-refractivity contribution in [3.63, 3.8) is 0 Å². The van der Waals surface area contributed by atoms with Gasteiger partial charge in [0.2, 0.25) is 0 Å². The number of Topliss-reactive ketones (excluding diaryl/α,β-unsaturated/α-hetero) is 1. The third-order valence-electron chi connectivity index (χ3n) is 3.43. The van der Waals surface area contributed by atoms with E-state index in [4.69, 9.17) is 16.3 Å². The van der Waals surface area contributed by atoms with E-state index in [9.17, 15) is 4.79 Å². The van der Waals surface area contributed by atoms with Crippen LogP contribution in [0.1, 0.15) is 10.4 Å². The number of halogens is 1. The second-order valence-corrected chi connectivity index (χ2v) is 6.35. The monoisotopic (exact) mass is 358 g/mol. The summed E-state index contributed by atoms with van der Waals surface area (Å²) in [7, 11) is 1.56. The number of carbonyl (C=O) groups excluding carboxylic acids is 1. The Kier molecular flexibility index (Phi) is 5.23. The number of aromatic nitrogens is 2. The summed E-state index contributed by atoms with van der Waals surface area (Å²) in [5.41, 5.74) is 1.49. The van der Waals surface area contributed by atoms with Crippen LogP contribution in [0.3, 0.4) is 0 Å². The van der Waals surface area contributed by atoms with Crippen LogP contribution in [0.15, 0.2) is 66.1 Å². The van der Waals surface area contributed by atoms with Gasteiger partial charge < -0.3 is 4.74 Å². The highest BCUT2D eigenvalue weighted by atomic mass is 35.5. The molecule has 3 rings (SSSR count). The number of rotatable bonds is 6. The SMILES string of the molecule is COc1ccccc1C(=O)CSc1nccn1-c1cccc(Cl)c1. The van der Waals surface area contributed by atoms with Crippen molar-refractivity contribution in [1.29, 1.82) is 0 Å². The Hall–Kier alpha value is -2.24. The molecule has 0 radical (unpaired) electrons. The molecule has 0 aliphatic heterocycles. The van der Waals surface area contributed by atoms with Gasteiger partial charge in [-0.2, -0.15) is 0 Å². The number of hydrogen-bond donors (Lipinski definition) is 0. The van der Waals surface area contributed by atoms with Crippen LogP contribution in [-0.2, 0) is 0 Å². The Morgan fingerprint density at radius 1 is 1.25 bits per heavy atom. The van der Waals surface area contributed by atoms with E-state index in [-0.39, 0.29) is 11.5 Å². The van der Waals surface area contributed by atoms with Crippen LogP contribution < -0.4 is 4.74 Å². The molecular formula is C18H15ClN2O2S. The normalized spacial score (nSPS) is 10.6. The molecule has 0 atom stereocenters. The summed E-state index contributed by atoms with van der Waals surface area (Å²) >= 11 is 7.43. The van der Waals surface area contributed by atoms with Crippen molar-refractivity contribution in [3.8, 4) is 11.4 Å². The Morgan fingerprint density at radius 3 is 2.88 bits per heavy atom. The summed E-state index contributed by atoms with van der Waals surface area (Å²) in [6, 6.07) is 14.7. The maximum Gasteiger partial charge on any atom is 0.176 e. The molecule has 0 unspecified atom stereocenters. The van der Waals surface area contributed by atoms with E-state index in [0.717, 1.165) is 10.8 Å². The van der Waals surface area contributed by atoms with Crippen molar-refractivity contribution in [2.75, 3.05) is 12.9 Å². The number of nitrogens with zero attached hydrogens (tertiary/aromatic N) is 2. The Bertz CT molecular complexity index is 863. The molecule has 1 heterocycles. The number of benzene rings is 2. The molecule has 2 aromatic carbocycles. The zero-order chi connectivity index (χ0) is 16.9. The fourth-order valence-corrected chi connectivity index (χ4v) is 3.34. The van der Waals surface area contributed by atoms with Crippen molar-refractivity contribution >= 4 is 29.1 Å². The highest BCUT2D eigenvalue weighted by Crippen LogP contribution is 2.25. The van der Waals surface area contributed by atoms with Crippen molar-refractivity contribution in [2.24, 2.45) is 0 Å². The van der Waals surface area contributed by atoms with Gasteiger partial charge in [0.05, 0.1) is 18.4 Å². The van der Waals surface area contributed by atoms with Crippen molar-refractivity contribution in [3.05, 3.63) is 71.5 Å². The fourth-order valence-electron chi connectivity index (χ4n) is 2.30. The van der Waals surface area contributed by atoms with Gasteiger partial charge in [0.1, 0.15) is 5.75 Å². The lowest BCUT2D eigenvalue weighted by Crippen LogP contribution is -2.06. The van der Waals surface area contributed by atoms with E-state index in [1.54, 1.807) is 25.4 Å². The summed E-state index contributed by atoms with van der Waals surface area (Å²) in [4.78, 5) is 16.8. The van der Waals surface area contributed by atoms with Crippen LogP contribution in [0.2, 0.25) is 5.02 Å². The standard InChI is InChI=1S/C18H15ClN2O2S/c1-23-17-8-3-2-7-15(17)16(22)12-24-18-20-9-10-21(18)14-6-4-5-13(19)11-14/h2-11H,12H2,1H3. The second-order valence-electron chi connectivity index (χ2n) is 4.97. The molecule has 4 nitrogen and oxygen atoms in total. The Labute approximate surface area is 149 Å².